The smallest absolute Gasteiger partial charge is 0.253 e. The Morgan fingerprint density at radius 3 is 2.73 bits per heavy atom. The number of piperidine rings is 1. The highest BCUT2D eigenvalue weighted by atomic mass is 35.5. The number of carbonyl (C=O) groups excluding carboxylic acids is 1. The van der Waals surface area contributed by atoms with E-state index < -0.39 is 0 Å². The van der Waals surface area contributed by atoms with E-state index in [1.165, 1.54) is 0 Å². The van der Waals surface area contributed by atoms with Crippen molar-refractivity contribution in [3.8, 4) is 5.69 Å². The second kappa shape index (κ2) is 7.77. The molecule has 2 aromatic heterocycles. The molecule has 30 heavy (non-hydrogen) atoms. The van der Waals surface area contributed by atoms with E-state index in [1.54, 1.807) is 22.3 Å². The SMILES string of the molecule is Cc1cc(C(=O)N2CCC(c3nc4cc(Cl)ccc4s3)CC2)ccc1-n1cnnn1. The summed E-state index contributed by atoms with van der Waals surface area (Å²) in [5.74, 6) is 0.449. The zero-order valence-electron chi connectivity index (χ0n) is 16.3. The van der Waals surface area contributed by atoms with Crippen molar-refractivity contribution < 1.29 is 4.79 Å². The maximum absolute atomic E-state index is 13.0. The van der Waals surface area contributed by atoms with Crippen LogP contribution in [0.3, 0.4) is 0 Å². The standard InChI is InChI=1S/C21H19ClN6OS/c1-13-10-15(2-4-18(13)28-12-23-25-26-28)21(29)27-8-6-14(7-9-27)20-24-17-11-16(22)3-5-19(17)30-20/h2-5,10-12,14H,6-9H2,1H3. The van der Waals surface area contributed by atoms with Gasteiger partial charge in [-0.05, 0) is 72.2 Å². The number of amides is 1. The van der Waals surface area contributed by atoms with Crippen molar-refractivity contribution in [2.24, 2.45) is 0 Å². The summed E-state index contributed by atoms with van der Waals surface area (Å²) in [4.78, 5) is 19.7. The highest BCUT2D eigenvalue weighted by molar-refractivity contribution is 7.18. The topological polar surface area (TPSA) is 76.8 Å². The summed E-state index contributed by atoms with van der Waals surface area (Å²) in [5.41, 5.74) is 3.47. The van der Waals surface area contributed by atoms with Crippen LogP contribution in [0.1, 0.15) is 39.7 Å². The van der Waals surface area contributed by atoms with Gasteiger partial charge in [-0.1, -0.05) is 11.6 Å². The van der Waals surface area contributed by atoms with Crippen LogP contribution >= 0.6 is 22.9 Å². The van der Waals surface area contributed by atoms with Crippen molar-refractivity contribution >= 4 is 39.1 Å². The number of rotatable bonds is 3. The number of aryl methyl sites for hydroxylation is 1. The normalized spacial score (nSPS) is 15.1. The van der Waals surface area contributed by atoms with Crippen LogP contribution in [0.15, 0.2) is 42.7 Å². The molecule has 1 aliphatic rings. The lowest BCUT2D eigenvalue weighted by Gasteiger charge is -2.31. The molecule has 0 aliphatic carbocycles. The molecule has 1 saturated heterocycles. The van der Waals surface area contributed by atoms with Gasteiger partial charge in [-0.25, -0.2) is 9.67 Å². The van der Waals surface area contributed by atoms with E-state index in [0.29, 0.717) is 16.5 Å². The maximum atomic E-state index is 13.0. The van der Waals surface area contributed by atoms with Crippen molar-refractivity contribution in [2.75, 3.05) is 13.1 Å². The lowest BCUT2D eigenvalue weighted by molar-refractivity contribution is 0.0713. The molecule has 0 N–H and O–H groups in total. The van der Waals surface area contributed by atoms with Gasteiger partial charge in [-0.15, -0.1) is 16.4 Å². The molecule has 5 rings (SSSR count). The number of fused-ring (bicyclic) bond motifs is 1. The van der Waals surface area contributed by atoms with E-state index >= 15 is 0 Å². The number of nitrogens with zero attached hydrogens (tertiary/aromatic N) is 6. The lowest BCUT2D eigenvalue weighted by Crippen LogP contribution is -2.38. The van der Waals surface area contributed by atoms with Gasteiger partial charge < -0.3 is 4.90 Å². The van der Waals surface area contributed by atoms with Gasteiger partial charge in [-0.2, -0.15) is 0 Å². The van der Waals surface area contributed by atoms with Crippen LogP contribution in [0.4, 0.5) is 0 Å². The summed E-state index contributed by atoms with van der Waals surface area (Å²) in [6.45, 7) is 3.42. The van der Waals surface area contributed by atoms with Crippen molar-refractivity contribution in [1.82, 2.24) is 30.1 Å². The third-order valence-corrected chi connectivity index (χ3v) is 6.97. The average Bonchev–Trinajstić information content (AvgIpc) is 3.43. The Balaban J connectivity index is 1.28. The van der Waals surface area contributed by atoms with Crippen LogP contribution in [0.2, 0.25) is 5.02 Å². The quantitative estimate of drug-likeness (QED) is 0.477. The molecule has 3 heterocycles. The first-order chi connectivity index (χ1) is 14.6. The molecule has 2 aromatic carbocycles. The Morgan fingerprint density at radius 1 is 1.17 bits per heavy atom. The summed E-state index contributed by atoms with van der Waals surface area (Å²) in [6.07, 6.45) is 3.38. The Hall–Kier alpha value is -2.84. The van der Waals surface area contributed by atoms with Crippen LogP contribution in [-0.4, -0.2) is 49.1 Å². The third-order valence-electron chi connectivity index (χ3n) is 5.54. The Labute approximate surface area is 182 Å². The molecule has 7 nitrogen and oxygen atoms in total. The molecule has 0 atom stereocenters. The Morgan fingerprint density at radius 2 is 2.00 bits per heavy atom. The van der Waals surface area contributed by atoms with Crippen molar-refractivity contribution in [3.05, 3.63) is 63.9 Å². The van der Waals surface area contributed by atoms with E-state index in [2.05, 4.69) is 15.5 Å². The van der Waals surface area contributed by atoms with E-state index in [-0.39, 0.29) is 5.91 Å². The molecule has 4 aromatic rings. The first-order valence-electron chi connectivity index (χ1n) is 9.78. The summed E-state index contributed by atoms with van der Waals surface area (Å²) in [7, 11) is 0. The number of hydrogen-bond donors (Lipinski definition) is 0. The summed E-state index contributed by atoms with van der Waals surface area (Å²) >= 11 is 7.81. The van der Waals surface area contributed by atoms with E-state index in [1.807, 2.05) is 48.2 Å². The fourth-order valence-electron chi connectivity index (χ4n) is 3.92. The number of benzene rings is 2. The Bertz CT molecular complexity index is 1210. The summed E-state index contributed by atoms with van der Waals surface area (Å²) in [6, 6.07) is 11.5. The third kappa shape index (κ3) is 3.57. The minimum absolute atomic E-state index is 0.0656. The average molecular weight is 439 g/mol. The van der Waals surface area contributed by atoms with E-state index in [9.17, 15) is 4.79 Å². The fraction of sp³-hybridized carbons (Fsp3) is 0.286. The van der Waals surface area contributed by atoms with Gasteiger partial charge in [0.05, 0.1) is 20.9 Å². The number of carbonyl (C=O) groups is 1. The molecule has 1 amide bonds. The van der Waals surface area contributed by atoms with E-state index in [0.717, 1.165) is 52.4 Å². The first kappa shape index (κ1) is 19.1. The molecule has 9 heteroatoms. The highest BCUT2D eigenvalue weighted by Gasteiger charge is 2.27. The number of likely N-dealkylation sites (tertiary alicyclic amines) is 1. The predicted molar refractivity (Wildman–Crippen MR) is 116 cm³/mol. The highest BCUT2D eigenvalue weighted by Crippen LogP contribution is 2.35. The maximum Gasteiger partial charge on any atom is 0.253 e. The zero-order chi connectivity index (χ0) is 20.7. The second-order valence-electron chi connectivity index (χ2n) is 7.49. The molecule has 1 aliphatic heterocycles. The van der Waals surface area contributed by atoms with Crippen LogP contribution in [0.25, 0.3) is 15.9 Å². The van der Waals surface area contributed by atoms with Crippen LogP contribution in [0.5, 0.6) is 0 Å². The predicted octanol–water partition coefficient (Wildman–Crippen LogP) is 4.25. The van der Waals surface area contributed by atoms with Gasteiger partial charge in [0.25, 0.3) is 5.91 Å². The van der Waals surface area contributed by atoms with Crippen molar-refractivity contribution in [2.45, 2.75) is 25.7 Å². The number of thiazole rings is 1. The summed E-state index contributed by atoms with van der Waals surface area (Å²) < 4.78 is 2.76. The Kier molecular flexibility index (Phi) is 4.96. The van der Waals surface area contributed by atoms with Gasteiger partial charge in [-0.3, -0.25) is 4.79 Å². The molecule has 0 spiro atoms. The zero-order valence-corrected chi connectivity index (χ0v) is 17.9. The first-order valence-corrected chi connectivity index (χ1v) is 11.0. The van der Waals surface area contributed by atoms with Gasteiger partial charge in [0.1, 0.15) is 6.33 Å². The monoisotopic (exact) mass is 438 g/mol. The van der Waals surface area contributed by atoms with Crippen LogP contribution in [-0.2, 0) is 0 Å². The molecular weight excluding hydrogens is 420 g/mol. The van der Waals surface area contributed by atoms with Gasteiger partial charge in [0, 0.05) is 29.6 Å². The van der Waals surface area contributed by atoms with Crippen LogP contribution < -0.4 is 0 Å². The number of aromatic nitrogens is 5. The van der Waals surface area contributed by atoms with Crippen molar-refractivity contribution in [1.29, 1.82) is 0 Å². The molecule has 152 valence electrons. The fourth-order valence-corrected chi connectivity index (χ4v) is 5.21. The van der Waals surface area contributed by atoms with Crippen molar-refractivity contribution in [3.63, 3.8) is 0 Å². The van der Waals surface area contributed by atoms with E-state index in [4.69, 9.17) is 16.6 Å². The minimum atomic E-state index is 0.0656. The number of tetrazole rings is 1. The summed E-state index contributed by atoms with van der Waals surface area (Å²) in [5, 5.41) is 13.1. The minimum Gasteiger partial charge on any atom is -0.339 e. The molecule has 0 radical (unpaired) electrons. The number of halogens is 1. The molecular formula is C21H19ClN6OS. The molecule has 0 bridgehead atoms. The molecule has 0 unspecified atom stereocenters. The molecule has 0 saturated carbocycles. The van der Waals surface area contributed by atoms with Gasteiger partial charge in [0.15, 0.2) is 0 Å². The molecule has 1 fully saturated rings. The van der Waals surface area contributed by atoms with Gasteiger partial charge >= 0.3 is 0 Å². The van der Waals surface area contributed by atoms with Crippen LogP contribution in [0, 0.1) is 6.92 Å². The second-order valence-corrected chi connectivity index (χ2v) is 8.98. The lowest BCUT2D eigenvalue weighted by atomic mass is 9.96. The largest absolute Gasteiger partial charge is 0.339 e. The number of hydrogen-bond acceptors (Lipinski definition) is 6. The van der Waals surface area contributed by atoms with Gasteiger partial charge in [0.2, 0.25) is 0 Å².